The molecule has 2 amide bonds. The number of nitrogen functional groups attached to an aromatic ring is 1. The third-order valence-electron chi connectivity index (χ3n) is 6.29. The van der Waals surface area contributed by atoms with Crippen LogP contribution in [0, 0.1) is 0 Å². The number of hydrogen-bond donors (Lipinski definition) is 1. The molecule has 4 rings (SSSR count). The Morgan fingerprint density at radius 2 is 1.65 bits per heavy atom. The van der Waals surface area contributed by atoms with Gasteiger partial charge in [-0.1, -0.05) is 29.3 Å². The van der Waals surface area contributed by atoms with Crippen molar-refractivity contribution in [3.05, 3.63) is 51.6 Å². The van der Waals surface area contributed by atoms with E-state index in [0.29, 0.717) is 59.6 Å². The zero-order valence-electron chi connectivity index (χ0n) is 19.0. The molecule has 0 aliphatic carbocycles. The maximum absolute atomic E-state index is 13.1. The molecule has 0 spiro atoms. The van der Waals surface area contributed by atoms with E-state index in [4.69, 9.17) is 33.7 Å². The standard InChI is InChI=1S/C24H29Cl2N5O3/c25-19-5-4-6-20(26)18(19)16-34-21-13-17(14-28-23(21)27)24(33)31-11-9-29(10-12-31)15-22(32)30-7-2-1-3-8-30/h4-6,13-14H,1-3,7-12,15-16H2,(H2,27,28). The fraction of sp³-hybridized carbons (Fsp3) is 0.458. The van der Waals surface area contributed by atoms with Crippen molar-refractivity contribution in [1.82, 2.24) is 19.7 Å². The molecule has 0 saturated carbocycles. The van der Waals surface area contributed by atoms with E-state index in [1.165, 1.54) is 12.6 Å². The molecule has 2 fully saturated rings. The van der Waals surface area contributed by atoms with Crippen LogP contribution in [0.4, 0.5) is 5.82 Å². The highest BCUT2D eigenvalue weighted by Gasteiger charge is 2.26. The highest BCUT2D eigenvalue weighted by atomic mass is 35.5. The Balaban J connectivity index is 1.33. The molecule has 0 unspecified atom stereocenters. The van der Waals surface area contributed by atoms with Gasteiger partial charge in [-0.15, -0.1) is 0 Å². The van der Waals surface area contributed by atoms with Gasteiger partial charge in [0.2, 0.25) is 5.91 Å². The second kappa shape index (κ2) is 11.3. The van der Waals surface area contributed by atoms with Crippen LogP contribution in [0.15, 0.2) is 30.5 Å². The molecule has 0 atom stereocenters. The zero-order chi connectivity index (χ0) is 24.1. The van der Waals surface area contributed by atoms with Crippen molar-refractivity contribution >= 4 is 40.8 Å². The number of benzene rings is 1. The van der Waals surface area contributed by atoms with Gasteiger partial charge in [-0.3, -0.25) is 14.5 Å². The Bertz CT molecular complexity index is 1020. The average Bonchev–Trinajstić information content (AvgIpc) is 2.85. The highest BCUT2D eigenvalue weighted by molar-refractivity contribution is 6.35. The summed E-state index contributed by atoms with van der Waals surface area (Å²) in [6.07, 6.45) is 4.83. The zero-order valence-corrected chi connectivity index (χ0v) is 20.5. The second-order valence-electron chi connectivity index (χ2n) is 8.61. The van der Waals surface area contributed by atoms with Gasteiger partial charge in [0, 0.05) is 61.1 Å². The summed E-state index contributed by atoms with van der Waals surface area (Å²) in [5.41, 5.74) is 7.00. The van der Waals surface area contributed by atoms with E-state index in [1.54, 1.807) is 29.2 Å². The summed E-state index contributed by atoms with van der Waals surface area (Å²) < 4.78 is 5.80. The van der Waals surface area contributed by atoms with Crippen LogP contribution in [0.2, 0.25) is 10.0 Å². The predicted molar refractivity (Wildman–Crippen MR) is 132 cm³/mol. The van der Waals surface area contributed by atoms with Gasteiger partial charge in [-0.05, 0) is 37.5 Å². The monoisotopic (exact) mass is 505 g/mol. The minimum atomic E-state index is -0.143. The lowest BCUT2D eigenvalue weighted by Crippen LogP contribution is -2.52. The molecule has 2 saturated heterocycles. The van der Waals surface area contributed by atoms with Crippen LogP contribution < -0.4 is 10.5 Å². The molecule has 1 aromatic heterocycles. The van der Waals surface area contributed by atoms with Crippen molar-refractivity contribution in [3.8, 4) is 5.75 Å². The van der Waals surface area contributed by atoms with Gasteiger partial charge in [-0.25, -0.2) is 4.98 Å². The third kappa shape index (κ3) is 5.92. The number of aromatic nitrogens is 1. The number of carbonyl (C=O) groups excluding carboxylic acids is 2. The van der Waals surface area contributed by atoms with Gasteiger partial charge >= 0.3 is 0 Å². The molecule has 182 valence electrons. The number of piperazine rings is 1. The van der Waals surface area contributed by atoms with Crippen LogP contribution in [0.25, 0.3) is 0 Å². The first-order valence-electron chi connectivity index (χ1n) is 11.5. The van der Waals surface area contributed by atoms with Gasteiger partial charge < -0.3 is 20.3 Å². The number of piperidine rings is 1. The van der Waals surface area contributed by atoms with Gasteiger partial charge in [0.15, 0.2) is 11.6 Å². The topological polar surface area (TPSA) is 92.0 Å². The van der Waals surface area contributed by atoms with Crippen LogP contribution in [-0.2, 0) is 11.4 Å². The van der Waals surface area contributed by atoms with E-state index >= 15 is 0 Å². The van der Waals surface area contributed by atoms with E-state index in [-0.39, 0.29) is 24.2 Å². The lowest BCUT2D eigenvalue weighted by Gasteiger charge is -2.36. The highest BCUT2D eigenvalue weighted by Crippen LogP contribution is 2.28. The predicted octanol–water partition coefficient (Wildman–Crippen LogP) is 3.32. The molecule has 34 heavy (non-hydrogen) atoms. The Morgan fingerprint density at radius 3 is 2.32 bits per heavy atom. The summed E-state index contributed by atoms with van der Waals surface area (Å²) in [7, 11) is 0. The number of halogens is 2. The fourth-order valence-corrected chi connectivity index (χ4v) is 4.74. The maximum atomic E-state index is 13.1. The van der Waals surface area contributed by atoms with Crippen molar-refractivity contribution in [1.29, 1.82) is 0 Å². The maximum Gasteiger partial charge on any atom is 0.255 e. The quantitative estimate of drug-likeness (QED) is 0.647. The largest absolute Gasteiger partial charge is 0.485 e. The Hall–Kier alpha value is -2.55. The number of amides is 2. The molecular formula is C24H29Cl2N5O3. The first kappa shape index (κ1) is 24.6. The third-order valence-corrected chi connectivity index (χ3v) is 7.00. The Morgan fingerprint density at radius 1 is 0.971 bits per heavy atom. The van der Waals surface area contributed by atoms with Crippen molar-refractivity contribution < 1.29 is 14.3 Å². The Labute approximate surface area is 209 Å². The van der Waals surface area contributed by atoms with Crippen molar-refractivity contribution in [2.24, 2.45) is 0 Å². The fourth-order valence-electron chi connectivity index (χ4n) is 4.23. The average molecular weight is 506 g/mol. The first-order valence-corrected chi connectivity index (χ1v) is 12.3. The molecule has 2 aliphatic heterocycles. The SMILES string of the molecule is Nc1ncc(C(=O)N2CCN(CC(=O)N3CCCCC3)CC2)cc1OCc1c(Cl)cccc1Cl. The second-order valence-corrected chi connectivity index (χ2v) is 9.42. The molecule has 2 aliphatic rings. The number of pyridine rings is 1. The molecular weight excluding hydrogens is 477 g/mol. The molecule has 2 aromatic rings. The number of nitrogens with zero attached hydrogens (tertiary/aromatic N) is 4. The van der Waals surface area contributed by atoms with Gasteiger partial charge in [0.05, 0.1) is 12.1 Å². The van der Waals surface area contributed by atoms with Gasteiger partial charge in [-0.2, -0.15) is 0 Å². The molecule has 2 N–H and O–H groups in total. The first-order chi connectivity index (χ1) is 16.4. The van der Waals surface area contributed by atoms with Crippen LogP contribution in [0.5, 0.6) is 5.75 Å². The molecule has 0 radical (unpaired) electrons. The van der Waals surface area contributed by atoms with E-state index in [2.05, 4.69) is 9.88 Å². The molecule has 10 heteroatoms. The lowest BCUT2D eigenvalue weighted by molar-refractivity contribution is -0.133. The number of rotatable bonds is 6. The van der Waals surface area contributed by atoms with Crippen LogP contribution in [0.1, 0.15) is 35.2 Å². The number of carbonyl (C=O) groups is 2. The number of nitrogens with two attached hydrogens (primary N) is 1. The van der Waals surface area contributed by atoms with Gasteiger partial charge in [0.25, 0.3) is 5.91 Å². The van der Waals surface area contributed by atoms with Crippen LogP contribution >= 0.6 is 23.2 Å². The summed E-state index contributed by atoms with van der Waals surface area (Å²) in [5.74, 6) is 0.520. The van der Waals surface area contributed by atoms with Crippen LogP contribution in [-0.4, -0.2) is 77.3 Å². The van der Waals surface area contributed by atoms with E-state index in [0.717, 1.165) is 25.9 Å². The minimum absolute atomic E-state index is 0.103. The van der Waals surface area contributed by atoms with Crippen molar-refractivity contribution in [2.45, 2.75) is 25.9 Å². The molecule has 8 nitrogen and oxygen atoms in total. The summed E-state index contributed by atoms with van der Waals surface area (Å²) in [6.45, 7) is 4.62. The summed E-state index contributed by atoms with van der Waals surface area (Å²) >= 11 is 12.4. The summed E-state index contributed by atoms with van der Waals surface area (Å²) in [4.78, 5) is 35.6. The van der Waals surface area contributed by atoms with Gasteiger partial charge in [0.1, 0.15) is 6.61 Å². The number of hydrogen-bond acceptors (Lipinski definition) is 6. The normalized spacial score (nSPS) is 17.0. The van der Waals surface area contributed by atoms with Crippen molar-refractivity contribution in [2.75, 3.05) is 51.5 Å². The van der Waals surface area contributed by atoms with E-state index in [9.17, 15) is 9.59 Å². The smallest absolute Gasteiger partial charge is 0.255 e. The summed E-state index contributed by atoms with van der Waals surface area (Å²) in [5, 5.41) is 0.978. The number of ether oxygens (including phenoxy) is 1. The van der Waals surface area contributed by atoms with E-state index in [1.807, 2.05) is 4.90 Å². The number of anilines is 1. The molecule has 0 bridgehead atoms. The summed E-state index contributed by atoms with van der Waals surface area (Å²) in [6, 6.07) is 6.81. The van der Waals surface area contributed by atoms with Crippen LogP contribution in [0.3, 0.4) is 0 Å². The Kier molecular flexibility index (Phi) is 8.13. The van der Waals surface area contributed by atoms with Crippen molar-refractivity contribution in [3.63, 3.8) is 0 Å². The van der Waals surface area contributed by atoms with E-state index < -0.39 is 0 Å². The lowest BCUT2D eigenvalue weighted by atomic mass is 10.1. The molecule has 1 aromatic carbocycles. The minimum Gasteiger partial charge on any atom is -0.485 e. The number of likely N-dealkylation sites (tertiary alicyclic amines) is 1. The molecule has 3 heterocycles.